The van der Waals surface area contributed by atoms with Gasteiger partial charge < -0.3 is 9.80 Å². The number of hydrogen-bond donors (Lipinski definition) is 0. The summed E-state index contributed by atoms with van der Waals surface area (Å²) >= 11 is 0. The van der Waals surface area contributed by atoms with Crippen LogP contribution in [0.1, 0.15) is 29.8 Å². The molecule has 2 fully saturated rings. The Morgan fingerprint density at radius 1 is 0.967 bits per heavy atom. The number of aryl methyl sites for hydroxylation is 2. The lowest BCUT2D eigenvalue weighted by atomic mass is 9.95. The van der Waals surface area contributed by atoms with E-state index < -0.39 is 0 Å². The molecule has 30 heavy (non-hydrogen) atoms. The summed E-state index contributed by atoms with van der Waals surface area (Å²) in [6.45, 7) is 10.4. The zero-order valence-electron chi connectivity index (χ0n) is 18.1. The maximum atomic E-state index is 13.0. The molecule has 0 spiro atoms. The SMILES string of the molecule is Cc1cc(C)nc(N2CCC(C(=O)N3CCN(CCc4ccncc4)CC3)CC2)n1. The smallest absolute Gasteiger partial charge is 0.225 e. The third-order valence-electron chi connectivity index (χ3n) is 6.25. The normalized spacial score (nSPS) is 18.6. The maximum Gasteiger partial charge on any atom is 0.225 e. The van der Waals surface area contributed by atoms with E-state index in [4.69, 9.17) is 0 Å². The molecule has 0 aromatic carbocycles. The highest BCUT2D eigenvalue weighted by atomic mass is 16.2. The molecule has 0 atom stereocenters. The molecule has 1 amide bonds. The second-order valence-corrected chi connectivity index (χ2v) is 8.48. The molecular weight excluding hydrogens is 376 g/mol. The van der Waals surface area contributed by atoms with Crippen LogP contribution in [0.5, 0.6) is 0 Å². The van der Waals surface area contributed by atoms with Crippen molar-refractivity contribution in [3.8, 4) is 0 Å². The number of nitrogens with zero attached hydrogens (tertiary/aromatic N) is 6. The first-order valence-corrected chi connectivity index (χ1v) is 11.1. The second-order valence-electron chi connectivity index (χ2n) is 8.48. The lowest BCUT2D eigenvalue weighted by Gasteiger charge is -2.38. The molecule has 0 unspecified atom stereocenters. The van der Waals surface area contributed by atoms with E-state index in [2.05, 4.69) is 41.8 Å². The maximum absolute atomic E-state index is 13.0. The summed E-state index contributed by atoms with van der Waals surface area (Å²) < 4.78 is 0. The molecule has 7 nitrogen and oxygen atoms in total. The van der Waals surface area contributed by atoms with Crippen molar-refractivity contribution in [2.24, 2.45) is 5.92 Å². The van der Waals surface area contributed by atoms with Gasteiger partial charge in [0, 0.05) is 75.5 Å². The molecular formula is C23H32N6O. The van der Waals surface area contributed by atoms with Crippen LogP contribution in [0.2, 0.25) is 0 Å². The van der Waals surface area contributed by atoms with Crippen molar-refractivity contribution in [3.63, 3.8) is 0 Å². The van der Waals surface area contributed by atoms with Gasteiger partial charge in [-0.1, -0.05) is 0 Å². The number of hydrogen-bond acceptors (Lipinski definition) is 6. The van der Waals surface area contributed by atoms with Gasteiger partial charge in [-0.3, -0.25) is 14.7 Å². The van der Waals surface area contributed by atoms with E-state index in [-0.39, 0.29) is 5.92 Å². The van der Waals surface area contributed by atoms with Gasteiger partial charge >= 0.3 is 0 Å². The molecule has 7 heteroatoms. The van der Waals surface area contributed by atoms with Gasteiger partial charge in [-0.05, 0) is 56.9 Å². The van der Waals surface area contributed by atoms with E-state index in [1.54, 1.807) is 0 Å². The van der Waals surface area contributed by atoms with Crippen LogP contribution < -0.4 is 4.90 Å². The minimum absolute atomic E-state index is 0.135. The topological polar surface area (TPSA) is 65.5 Å². The fourth-order valence-corrected chi connectivity index (χ4v) is 4.46. The number of piperidine rings is 1. The Balaban J connectivity index is 1.22. The van der Waals surface area contributed by atoms with Gasteiger partial charge in [0.15, 0.2) is 0 Å². The molecule has 2 aliphatic heterocycles. The number of rotatable bonds is 5. The summed E-state index contributed by atoms with van der Waals surface area (Å²) in [5, 5.41) is 0. The van der Waals surface area contributed by atoms with Gasteiger partial charge in [0.1, 0.15) is 0 Å². The third-order valence-corrected chi connectivity index (χ3v) is 6.25. The van der Waals surface area contributed by atoms with Crippen molar-refractivity contribution < 1.29 is 4.79 Å². The van der Waals surface area contributed by atoms with Crippen LogP contribution in [-0.4, -0.2) is 76.5 Å². The molecule has 2 aromatic heterocycles. The van der Waals surface area contributed by atoms with Gasteiger partial charge in [-0.15, -0.1) is 0 Å². The Morgan fingerprint density at radius 2 is 1.60 bits per heavy atom. The van der Waals surface area contributed by atoms with Crippen LogP contribution in [0.3, 0.4) is 0 Å². The Hall–Kier alpha value is -2.54. The van der Waals surface area contributed by atoms with E-state index in [1.165, 1.54) is 5.56 Å². The molecule has 160 valence electrons. The zero-order valence-corrected chi connectivity index (χ0v) is 18.1. The summed E-state index contributed by atoms with van der Waals surface area (Å²) in [5.74, 6) is 1.28. The van der Waals surface area contributed by atoms with Crippen molar-refractivity contribution >= 4 is 11.9 Å². The van der Waals surface area contributed by atoms with E-state index in [1.807, 2.05) is 32.3 Å². The van der Waals surface area contributed by atoms with E-state index >= 15 is 0 Å². The number of carbonyl (C=O) groups is 1. The Kier molecular flexibility index (Phi) is 6.57. The number of carbonyl (C=O) groups excluding carboxylic acids is 1. The highest BCUT2D eigenvalue weighted by molar-refractivity contribution is 5.79. The van der Waals surface area contributed by atoms with Crippen LogP contribution in [0.4, 0.5) is 5.95 Å². The van der Waals surface area contributed by atoms with Gasteiger partial charge in [0.05, 0.1) is 0 Å². The van der Waals surface area contributed by atoms with Crippen LogP contribution in [0.25, 0.3) is 0 Å². The highest BCUT2D eigenvalue weighted by Gasteiger charge is 2.31. The van der Waals surface area contributed by atoms with Crippen LogP contribution in [-0.2, 0) is 11.2 Å². The van der Waals surface area contributed by atoms with E-state index in [0.29, 0.717) is 5.91 Å². The number of anilines is 1. The summed E-state index contributed by atoms with van der Waals surface area (Å²) in [6, 6.07) is 6.15. The van der Waals surface area contributed by atoms with E-state index in [9.17, 15) is 4.79 Å². The number of aromatic nitrogens is 3. The van der Waals surface area contributed by atoms with E-state index in [0.717, 1.165) is 82.4 Å². The predicted molar refractivity (Wildman–Crippen MR) is 117 cm³/mol. The molecule has 0 bridgehead atoms. The molecule has 0 radical (unpaired) electrons. The minimum atomic E-state index is 0.135. The monoisotopic (exact) mass is 408 g/mol. The number of piperazine rings is 1. The standard InChI is InChI=1S/C23H32N6O/c1-18-17-19(2)26-23(25-18)29-11-6-21(7-12-29)22(30)28-15-13-27(14-16-28)10-5-20-3-8-24-9-4-20/h3-4,8-9,17,21H,5-7,10-16H2,1-2H3. The minimum Gasteiger partial charge on any atom is -0.341 e. The Morgan fingerprint density at radius 3 is 2.23 bits per heavy atom. The van der Waals surface area contributed by atoms with Crippen molar-refractivity contribution in [3.05, 3.63) is 47.5 Å². The predicted octanol–water partition coefficient (Wildman–Crippen LogP) is 2.09. The van der Waals surface area contributed by atoms with Gasteiger partial charge in [-0.2, -0.15) is 0 Å². The van der Waals surface area contributed by atoms with Crippen LogP contribution in [0, 0.1) is 19.8 Å². The first-order chi connectivity index (χ1) is 14.6. The fourth-order valence-electron chi connectivity index (χ4n) is 4.46. The van der Waals surface area contributed by atoms with Crippen LogP contribution in [0.15, 0.2) is 30.6 Å². The molecule has 2 saturated heterocycles. The van der Waals surface area contributed by atoms with Crippen molar-refractivity contribution in [2.75, 3.05) is 50.7 Å². The Labute approximate surface area is 179 Å². The molecule has 4 rings (SSSR count). The molecule has 0 N–H and O–H groups in total. The quantitative estimate of drug-likeness (QED) is 0.755. The third kappa shape index (κ3) is 5.14. The molecule has 2 aliphatic rings. The molecule has 0 aliphatic carbocycles. The average molecular weight is 409 g/mol. The lowest BCUT2D eigenvalue weighted by Crippen LogP contribution is -2.52. The fraction of sp³-hybridized carbons (Fsp3) is 0.565. The number of pyridine rings is 1. The average Bonchev–Trinajstić information content (AvgIpc) is 2.78. The number of amides is 1. The van der Waals surface area contributed by atoms with Crippen molar-refractivity contribution in [2.45, 2.75) is 33.1 Å². The molecule has 4 heterocycles. The van der Waals surface area contributed by atoms with Gasteiger partial charge in [0.2, 0.25) is 11.9 Å². The summed E-state index contributed by atoms with van der Waals surface area (Å²) in [4.78, 5) is 33.0. The zero-order chi connectivity index (χ0) is 20.9. The second kappa shape index (κ2) is 9.51. The first kappa shape index (κ1) is 20.7. The van der Waals surface area contributed by atoms with Crippen molar-refractivity contribution in [1.82, 2.24) is 24.8 Å². The van der Waals surface area contributed by atoms with Gasteiger partial charge in [0.25, 0.3) is 0 Å². The van der Waals surface area contributed by atoms with Crippen LogP contribution >= 0.6 is 0 Å². The van der Waals surface area contributed by atoms with Crippen molar-refractivity contribution in [1.29, 1.82) is 0 Å². The summed E-state index contributed by atoms with van der Waals surface area (Å²) in [5.41, 5.74) is 3.32. The highest BCUT2D eigenvalue weighted by Crippen LogP contribution is 2.23. The molecule has 0 saturated carbocycles. The van der Waals surface area contributed by atoms with Gasteiger partial charge in [-0.25, -0.2) is 9.97 Å². The molecule has 2 aromatic rings. The summed E-state index contributed by atoms with van der Waals surface area (Å²) in [6.07, 6.45) is 6.51. The first-order valence-electron chi connectivity index (χ1n) is 11.1. The Bertz CT molecular complexity index is 822. The largest absolute Gasteiger partial charge is 0.341 e. The lowest BCUT2D eigenvalue weighted by molar-refractivity contribution is -0.138. The summed E-state index contributed by atoms with van der Waals surface area (Å²) in [7, 11) is 0.